The molecule has 7 heterocycles. The van der Waals surface area contributed by atoms with E-state index in [2.05, 4.69) is 24.3 Å². The second-order valence-electron chi connectivity index (χ2n) is 30.4. The zero-order valence-electron chi connectivity index (χ0n) is 74.3. The van der Waals surface area contributed by atoms with E-state index >= 15 is 0 Å². The van der Waals surface area contributed by atoms with E-state index in [1.54, 1.807) is 0 Å². The Morgan fingerprint density at radius 2 is 0.830 bits per heavy atom. The molecule has 0 radical (unpaired) electrons. The number of carboxylic acid groups (broad SMARTS) is 2. The maximum Gasteiger partial charge on any atom is 0.397 e. The van der Waals surface area contributed by atoms with Gasteiger partial charge >= 0.3 is 80.4 Å². The number of nitrogens with one attached hydrogen (secondary N) is 3. The molecule has 0 saturated carbocycles. The van der Waals surface area contributed by atoms with Crippen LogP contribution in [0.1, 0.15) is 71.1 Å². The van der Waals surface area contributed by atoms with Crippen molar-refractivity contribution in [2.24, 2.45) is 5.92 Å². The number of rotatable bonds is 66. The second-order valence-corrected chi connectivity index (χ2v) is 38.1. The summed E-state index contributed by atoms with van der Waals surface area (Å²) in [6.45, 7) is -1.23. The Bertz CT molecular complexity index is 4400. The minimum Gasteiger partial charge on any atom is -0.479 e. The van der Waals surface area contributed by atoms with E-state index in [9.17, 15) is 117 Å². The molecule has 0 aromatic carbocycles. The first-order valence-corrected chi connectivity index (χ1v) is 50.8. The number of methoxy groups -OCH3 is 8. The number of urea groups is 1. The molecule has 7 aliphatic heterocycles. The highest BCUT2D eigenvalue weighted by Crippen LogP contribution is 2.42. The standard InChI is InChI=1S/C70H119N3O55S7/c1-10-108-22-27-112-31-37(74)30-36(16-13-14-20-71-44(76)19-12-11-18-43-45-38(35-129-43)72-70(81)73-45)39(75)17-15-21-109-23-24-110-25-26-111-28-29-113-46-40(32-114-130(82,83)84)118-66(58(104-6)49(46)100-2)122-53-51(102-4)60(106-8)68(125-56(53)63(77)78)121-48-42(34-116-132(88,89)90)119-69(62(128-135(97,98)99)55(48)126-133(91,92)93)123-54-52(103-5)59(105-7)67(124-57(54)64(79)80)120-47-41(33-115-131(85,86)87)117-65(107-9)61(50(47)101-3)127-134(94,95)96/h36,38,40-43,45-62,65-69H,10-35H2,1-9H3,(H,71,76)(H,77,78)(H,79,80)(H2,72,73,81)(H,82,83,84)(H,85,86,87)(H,88,89,90)(H,91,92,93)(H,94,95,96)(H,97,98,99)/t36-,38+,40-,41-,42-,43+,45+,46-,47-,48-,49+,50+,51+,52+,53+,54+,55+,56+,57+,58-,59-,60-,61-,62-,65+,66-,67-,68-,69-/m1/s1. The molecule has 0 spiro atoms. The van der Waals surface area contributed by atoms with Gasteiger partial charge in [0.25, 0.3) is 0 Å². The highest BCUT2D eigenvalue weighted by Gasteiger charge is 2.63. The Morgan fingerprint density at radius 1 is 0.422 bits per heavy atom. The van der Waals surface area contributed by atoms with E-state index in [1.165, 1.54) is 0 Å². The molecule has 0 aromatic rings. The fourth-order valence-corrected chi connectivity index (χ4v) is 19.7. The van der Waals surface area contributed by atoms with Crippen molar-refractivity contribution >= 4 is 110 Å². The normalized spacial score (nSPS) is 32.4. The fourth-order valence-electron chi connectivity index (χ4n) is 15.7. The molecule has 135 heavy (non-hydrogen) atoms. The number of hydrogen-bond acceptors (Lipinski definition) is 48. The van der Waals surface area contributed by atoms with Crippen molar-refractivity contribution in [1.82, 2.24) is 16.0 Å². The van der Waals surface area contributed by atoms with Gasteiger partial charge in [-0.3, -0.25) is 41.7 Å². The van der Waals surface area contributed by atoms with Gasteiger partial charge in [0.15, 0.2) is 61.6 Å². The third-order valence-corrected chi connectivity index (χ3v) is 25.7. The number of amides is 3. The minimum absolute atomic E-state index is 0.0225. The zero-order chi connectivity index (χ0) is 99.9. The summed E-state index contributed by atoms with van der Waals surface area (Å²) < 4.78 is 369. The molecule has 0 bridgehead atoms. The van der Waals surface area contributed by atoms with Gasteiger partial charge in [0.1, 0.15) is 110 Å². The lowest BCUT2D eigenvalue weighted by Crippen LogP contribution is -2.70. The maximum absolute atomic E-state index is 13.6. The molecule has 7 saturated heterocycles. The molecule has 29 atom stereocenters. The molecular formula is C70H119N3O55S7. The lowest BCUT2D eigenvalue weighted by molar-refractivity contribution is -0.389. The number of unbranched alkanes of at least 4 members (excludes halogenated alkanes) is 2. The van der Waals surface area contributed by atoms with E-state index in [0.717, 1.165) is 75.5 Å². The summed E-state index contributed by atoms with van der Waals surface area (Å²) in [6, 6.07) is 0.0734. The van der Waals surface area contributed by atoms with E-state index in [4.69, 9.17) is 126 Å². The van der Waals surface area contributed by atoms with Gasteiger partial charge < -0.3 is 135 Å². The van der Waals surface area contributed by atoms with Crippen LogP contribution in [0.25, 0.3) is 0 Å². The summed E-state index contributed by atoms with van der Waals surface area (Å²) in [5.74, 6) is -4.35. The van der Waals surface area contributed by atoms with E-state index in [-0.39, 0.29) is 108 Å². The van der Waals surface area contributed by atoms with Crippen LogP contribution in [0.3, 0.4) is 0 Å². The molecule has 7 aliphatic rings. The Hall–Kier alpha value is -4.33. The Balaban J connectivity index is 0.992. The summed E-state index contributed by atoms with van der Waals surface area (Å²) in [5, 5.41) is 31.0. The van der Waals surface area contributed by atoms with Crippen molar-refractivity contribution in [3.63, 3.8) is 0 Å². The minimum atomic E-state index is -6.20. The van der Waals surface area contributed by atoms with Crippen LogP contribution in [-0.2, 0) is 220 Å². The molecular weight excluding hydrogens is 1990 g/mol. The average molecular weight is 2110 g/mol. The van der Waals surface area contributed by atoms with Crippen LogP contribution in [0.5, 0.6) is 0 Å². The third-order valence-electron chi connectivity index (χ3n) is 21.5. The second kappa shape index (κ2) is 56.1. The number of ether oxygens (including phenoxy) is 23. The first kappa shape index (κ1) is 118. The summed E-state index contributed by atoms with van der Waals surface area (Å²) in [7, 11) is -27.0. The molecule has 11 N–H and O–H groups in total. The van der Waals surface area contributed by atoms with Crippen LogP contribution in [0.2, 0.25) is 0 Å². The van der Waals surface area contributed by atoms with Gasteiger partial charge in [0.05, 0.1) is 84.8 Å². The molecule has 58 nitrogen and oxygen atoms in total. The Labute approximate surface area is 782 Å². The van der Waals surface area contributed by atoms with Gasteiger partial charge in [-0.25, -0.2) is 39.5 Å². The number of ketones is 2. The van der Waals surface area contributed by atoms with E-state index in [1.807, 2.05) is 18.7 Å². The summed E-state index contributed by atoms with van der Waals surface area (Å²) >= 11 is 1.82. The number of carbonyl (C=O) groups is 6. The molecule has 7 fully saturated rings. The van der Waals surface area contributed by atoms with Crippen LogP contribution < -0.4 is 16.0 Å². The summed E-state index contributed by atoms with van der Waals surface area (Å²) in [5.41, 5.74) is 0. The van der Waals surface area contributed by atoms with Crippen molar-refractivity contribution in [3.05, 3.63) is 0 Å². The van der Waals surface area contributed by atoms with E-state index < -0.39 is 254 Å². The van der Waals surface area contributed by atoms with Gasteiger partial charge in [0, 0.05) is 113 Å². The number of fused-ring (bicyclic) bond motifs is 1. The van der Waals surface area contributed by atoms with E-state index in [0.29, 0.717) is 63.5 Å². The molecule has 3 amide bonds. The largest absolute Gasteiger partial charge is 0.479 e. The SMILES string of the molecule is CCOCCOCC(=O)C[C@@H](CCCCNC(=O)CCCC[C@@H]1SC[C@@H]2NC(=O)N[C@@H]21)C(=O)CCCOCCOCCOCCO[C@H]1[C@H](OC)[C@@H](OC)[C@@H](O[C@H]2[C@H](OC)[C@@H](OC)[C@H](O[C@H]3[C@H](OS(=O)(=O)O)[C@@H](OS(=O)(=O)O)[C@@H](O[C@H]4[C@H](OC)[C@@H](OC)[C@H](O[C@H]5[C@H](OC)[C@@H](OS(=O)(=O)O)[C@@H](OC)O[C@@H]5COS(=O)(=O)O)O[C@@H]4C(=O)O)O[C@@H]3COS(=O)(=O)O)O[C@@H]2C(=O)O)O[C@@H]1COS(=O)(=O)O. The lowest BCUT2D eigenvalue weighted by atomic mass is 9.90. The van der Waals surface area contributed by atoms with Crippen molar-refractivity contribution in [2.45, 2.75) is 242 Å². The van der Waals surface area contributed by atoms with Crippen LogP contribution in [0.4, 0.5) is 4.79 Å². The van der Waals surface area contributed by atoms with Crippen LogP contribution in [-0.4, -0.2) is 456 Å². The van der Waals surface area contributed by atoms with Crippen LogP contribution in [0, 0.1) is 5.92 Å². The van der Waals surface area contributed by atoms with Crippen molar-refractivity contribution in [3.8, 4) is 0 Å². The number of aliphatic carboxylic acids is 2. The van der Waals surface area contributed by atoms with Crippen molar-refractivity contribution in [1.29, 1.82) is 0 Å². The molecule has 786 valence electrons. The van der Waals surface area contributed by atoms with Crippen molar-refractivity contribution < 1.29 is 251 Å². The smallest absolute Gasteiger partial charge is 0.397 e. The predicted octanol–water partition coefficient (Wildman–Crippen LogP) is -4.48. The first-order valence-electron chi connectivity index (χ1n) is 41.5. The van der Waals surface area contributed by atoms with Gasteiger partial charge in [-0.05, 0) is 39.0 Å². The zero-order valence-corrected chi connectivity index (χ0v) is 80.0. The Kier molecular flexibility index (Phi) is 48.9. The summed E-state index contributed by atoms with van der Waals surface area (Å²) in [4.78, 5) is 78.0. The van der Waals surface area contributed by atoms with Gasteiger partial charge in [-0.2, -0.15) is 62.3 Å². The highest BCUT2D eigenvalue weighted by molar-refractivity contribution is 8.00. The average Bonchev–Trinajstić information content (AvgIpc) is 1.68. The molecule has 0 aliphatic carbocycles. The molecule has 7 rings (SSSR count). The monoisotopic (exact) mass is 2110 g/mol. The molecule has 0 unspecified atom stereocenters. The predicted molar refractivity (Wildman–Crippen MR) is 440 cm³/mol. The van der Waals surface area contributed by atoms with Gasteiger partial charge in [0.2, 0.25) is 5.91 Å². The molecule has 65 heteroatoms. The van der Waals surface area contributed by atoms with Crippen LogP contribution in [0.15, 0.2) is 0 Å². The fraction of sp³-hybridized carbons (Fsp3) is 0.914. The number of thioether (sulfide) groups is 1. The number of carboxylic acids is 2. The summed E-state index contributed by atoms with van der Waals surface area (Å²) in [6.07, 6.45) is -51.1. The maximum atomic E-state index is 13.6. The third kappa shape index (κ3) is 38.1. The van der Waals surface area contributed by atoms with Gasteiger partial charge in [-0.15, -0.1) is 0 Å². The number of carbonyl (C=O) groups excluding carboxylic acids is 4. The Morgan fingerprint density at radius 3 is 1.30 bits per heavy atom. The van der Waals surface area contributed by atoms with Crippen molar-refractivity contribution in [2.75, 3.05) is 162 Å². The number of Topliss-reactive ketones (excluding diaryl/α,β-unsaturated/α-hetero) is 2. The van der Waals surface area contributed by atoms with Crippen LogP contribution >= 0.6 is 11.8 Å². The quantitative estimate of drug-likeness (QED) is 0.0155. The lowest BCUT2D eigenvalue weighted by Gasteiger charge is -2.51. The van der Waals surface area contributed by atoms with Gasteiger partial charge in [-0.1, -0.05) is 12.8 Å². The molecule has 0 aromatic heterocycles. The first-order chi connectivity index (χ1) is 63.6. The highest BCUT2D eigenvalue weighted by atomic mass is 32.3. The topological polar surface area (TPSA) is 773 Å². The number of hydrogen-bond donors (Lipinski definition) is 11.